The van der Waals surface area contributed by atoms with E-state index in [1.165, 1.54) is 0 Å². The van der Waals surface area contributed by atoms with Crippen LogP contribution in [0.25, 0.3) is 22.3 Å². The summed E-state index contributed by atoms with van der Waals surface area (Å²) in [5, 5.41) is 0.880. The van der Waals surface area contributed by atoms with Crippen molar-refractivity contribution in [2.45, 2.75) is 31.3 Å². The third-order valence-electron chi connectivity index (χ3n) is 4.56. The second-order valence-electron chi connectivity index (χ2n) is 8.48. The molecule has 0 bridgehead atoms. The molecule has 0 atom stereocenters. The summed E-state index contributed by atoms with van der Waals surface area (Å²) in [6, 6.07) is 17.0. The van der Waals surface area contributed by atoms with Crippen LogP contribution in [0.1, 0.15) is 20.8 Å². The van der Waals surface area contributed by atoms with Crippen molar-refractivity contribution >= 4 is 39.0 Å². The van der Waals surface area contributed by atoms with E-state index >= 15 is 0 Å². The molecular formula is C25H24Cl2O5S. The first-order valence-corrected chi connectivity index (χ1v) is 12.7. The summed E-state index contributed by atoms with van der Waals surface area (Å²) < 4.78 is 36.3. The van der Waals surface area contributed by atoms with E-state index in [-0.39, 0.29) is 11.5 Å². The Labute approximate surface area is 204 Å². The maximum absolute atomic E-state index is 12.7. The van der Waals surface area contributed by atoms with Crippen molar-refractivity contribution in [3.63, 3.8) is 0 Å². The van der Waals surface area contributed by atoms with Crippen molar-refractivity contribution in [3.05, 3.63) is 70.7 Å². The zero-order chi connectivity index (χ0) is 24.4. The quantitative estimate of drug-likeness (QED) is 0.359. The SMILES string of the molecule is CC(C)(C)OC(=O)COc1ccc(Cl)cc1-c1ccc(-c2ccccc2Cl)c(S(C)(=O)=O)c1. The van der Waals surface area contributed by atoms with Crippen molar-refractivity contribution in [1.29, 1.82) is 0 Å². The van der Waals surface area contributed by atoms with Gasteiger partial charge in [-0.15, -0.1) is 0 Å². The van der Waals surface area contributed by atoms with Crippen LogP contribution in [0, 0.1) is 0 Å². The third-order valence-corrected chi connectivity index (χ3v) is 6.26. The van der Waals surface area contributed by atoms with Crippen LogP contribution in [-0.2, 0) is 19.4 Å². The van der Waals surface area contributed by atoms with Gasteiger partial charge in [-0.05, 0) is 56.7 Å². The Morgan fingerprint density at radius 1 is 0.909 bits per heavy atom. The van der Waals surface area contributed by atoms with E-state index in [4.69, 9.17) is 32.7 Å². The first-order valence-electron chi connectivity index (χ1n) is 10.1. The standard InChI is InChI=1S/C25H24Cl2O5S/c1-25(2,3)32-24(28)15-31-22-12-10-17(26)14-20(22)16-9-11-19(23(13-16)33(4,29)30)18-7-5-6-8-21(18)27/h5-14H,15H2,1-4H3. The van der Waals surface area contributed by atoms with Crippen molar-refractivity contribution in [2.75, 3.05) is 12.9 Å². The van der Waals surface area contributed by atoms with Gasteiger partial charge in [0.25, 0.3) is 0 Å². The number of benzene rings is 3. The Hall–Kier alpha value is -2.54. The van der Waals surface area contributed by atoms with Crippen LogP contribution >= 0.6 is 23.2 Å². The molecule has 8 heteroatoms. The fraction of sp³-hybridized carbons (Fsp3) is 0.240. The van der Waals surface area contributed by atoms with Crippen LogP contribution < -0.4 is 4.74 Å². The minimum Gasteiger partial charge on any atom is -0.481 e. The number of carbonyl (C=O) groups is 1. The van der Waals surface area contributed by atoms with Crippen molar-refractivity contribution in [1.82, 2.24) is 0 Å². The lowest BCUT2D eigenvalue weighted by Gasteiger charge is -2.20. The molecule has 0 saturated heterocycles. The number of hydrogen-bond donors (Lipinski definition) is 0. The highest BCUT2D eigenvalue weighted by Gasteiger charge is 2.20. The molecule has 0 amide bonds. The van der Waals surface area contributed by atoms with E-state index in [0.29, 0.717) is 38.0 Å². The number of esters is 1. The summed E-state index contributed by atoms with van der Waals surface area (Å²) in [5.74, 6) is -0.149. The molecule has 0 fully saturated rings. The fourth-order valence-electron chi connectivity index (χ4n) is 3.26. The number of ether oxygens (including phenoxy) is 2. The molecule has 0 saturated carbocycles. The van der Waals surface area contributed by atoms with Gasteiger partial charge >= 0.3 is 5.97 Å². The summed E-state index contributed by atoms with van der Waals surface area (Å²) in [4.78, 5) is 12.2. The average Bonchev–Trinajstić information content (AvgIpc) is 2.71. The van der Waals surface area contributed by atoms with Crippen molar-refractivity contribution in [2.24, 2.45) is 0 Å². The van der Waals surface area contributed by atoms with Crippen LogP contribution in [0.4, 0.5) is 0 Å². The molecule has 174 valence electrons. The van der Waals surface area contributed by atoms with E-state index < -0.39 is 21.4 Å². The Morgan fingerprint density at radius 3 is 2.24 bits per heavy atom. The van der Waals surface area contributed by atoms with Gasteiger partial charge < -0.3 is 9.47 Å². The van der Waals surface area contributed by atoms with Crippen LogP contribution in [0.15, 0.2) is 65.6 Å². The second-order valence-corrected chi connectivity index (χ2v) is 11.3. The Balaban J connectivity index is 2.06. The highest BCUT2D eigenvalue weighted by atomic mass is 35.5. The molecule has 0 aliphatic rings. The molecule has 0 aromatic heterocycles. The van der Waals surface area contributed by atoms with Crippen LogP contribution in [0.3, 0.4) is 0 Å². The summed E-state index contributed by atoms with van der Waals surface area (Å²) in [6.07, 6.45) is 1.14. The number of halogens is 2. The van der Waals surface area contributed by atoms with E-state index in [0.717, 1.165) is 6.26 Å². The highest BCUT2D eigenvalue weighted by Crippen LogP contribution is 2.38. The predicted molar refractivity (Wildman–Crippen MR) is 132 cm³/mol. The molecule has 0 aliphatic heterocycles. The lowest BCUT2D eigenvalue weighted by molar-refractivity contribution is -0.157. The molecule has 0 heterocycles. The molecule has 3 aromatic carbocycles. The zero-order valence-corrected chi connectivity index (χ0v) is 21.0. The Bertz CT molecular complexity index is 1290. The predicted octanol–water partition coefficient (Wildman–Crippen LogP) is 6.45. The van der Waals surface area contributed by atoms with Crippen LogP contribution in [0.5, 0.6) is 5.75 Å². The number of carbonyl (C=O) groups excluding carboxylic acids is 1. The van der Waals surface area contributed by atoms with Gasteiger partial charge in [-0.1, -0.05) is 53.5 Å². The lowest BCUT2D eigenvalue weighted by atomic mass is 9.99. The van der Waals surface area contributed by atoms with Gasteiger partial charge in [-0.3, -0.25) is 0 Å². The fourth-order valence-corrected chi connectivity index (χ4v) is 4.59. The van der Waals surface area contributed by atoms with E-state index in [1.807, 2.05) is 0 Å². The Morgan fingerprint density at radius 2 is 1.61 bits per heavy atom. The molecule has 3 aromatic rings. The second kappa shape index (κ2) is 9.75. The summed E-state index contributed by atoms with van der Waals surface area (Å²) in [6.45, 7) is 5.01. The van der Waals surface area contributed by atoms with E-state index in [1.54, 1.807) is 81.4 Å². The van der Waals surface area contributed by atoms with E-state index in [2.05, 4.69) is 0 Å². The number of hydrogen-bond acceptors (Lipinski definition) is 5. The van der Waals surface area contributed by atoms with Gasteiger partial charge in [-0.2, -0.15) is 0 Å². The van der Waals surface area contributed by atoms with Gasteiger partial charge in [-0.25, -0.2) is 13.2 Å². The van der Waals surface area contributed by atoms with Gasteiger partial charge in [0.2, 0.25) is 0 Å². The summed E-state index contributed by atoms with van der Waals surface area (Å²) >= 11 is 12.5. The lowest BCUT2D eigenvalue weighted by Crippen LogP contribution is -2.27. The smallest absolute Gasteiger partial charge is 0.344 e. The molecule has 0 radical (unpaired) electrons. The van der Waals surface area contributed by atoms with Crippen LogP contribution in [0.2, 0.25) is 10.0 Å². The maximum Gasteiger partial charge on any atom is 0.344 e. The molecule has 0 N–H and O–H groups in total. The van der Waals surface area contributed by atoms with Gasteiger partial charge in [0.15, 0.2) is 16.4 Å². The van der Waals surface area contributed by atoms with Crippen molar-refractivity contribution in [3.8, 4) is 28.0 Å². The molecule has 0 spiro atoms. The minimum absolute atomic E-state index is 0.117. The minimum atomic E-state index is -3.60. The molecule has 3 rings (SSSR count). The first kappa shape index (κ1) is 25.1. The third kappa shape index (κ3) is 6.50. The van der Waals surface area contributed by atoms with E-state index in [9.17, 15) is 13.2 Å². The molecule has 0 aliphatic carbocycles. The van der Waals surface area contributed by atoms with Crippen molar-refractivity contribution < 1.29 is 22.7 Å². The zero-order valence-electron chi connectivity index (χ0n) is 18.7. The first-order chi connectivity index (χ1) is 15.3. The average molecular weight is 507 g/mol. The molecular weight excluding hydrogens is 483 g/mol. The summed E-state index contributed by atoms with van der Waals surface area (Å²) in [7, 11) is -3.60. The molecule has 0 unspecified atom stereocenters. The normalized spacial score (nSPS) is 11.8. The van der Waals surface area contributed by atoms with Gasteiger partial charge in [0.1, 0.15) is 11.4 Å². The summed E-state index contributed by atoms with van der Waals surface area (Å²) in [5.41, 5.74) is 1.57. The van der Waals surface area contributed by atoms with Gasteiger partial charge in [0, 0.05) is 33.0 Å². The van der Waals surface area contributed by atoms with Gasteiger partial charge in [0.05, 0.1) is 4.90 Å². The van der Waals surface area contributed by atoms with Crippen LogP contribution in [-0.4, -0.2) is 32.9 Å². The Kier molecular flexibility index (Phi) is 7.42. The maximum atomic E-state index is 12.7. The molecule has 33 heavy (non-hydrogen) atoms. The molecule has 5 nitrogen and oxygen atoms in total. The largest absolute Gasteiger partial charge is 0.481 e. The highest BCUT2D eigenvalue weighted by molar-refractivity contribution is 7.90. The topological polar surface area (TPSA) is 69.7 Å². The number of rotatable bonds is 6. The number of sulfone groups is 1. The monoisotopic (exact) mass is 506 g/mol.